The quantitative estimate of drug-likeness (QED) is 0.789. The monoisotopic (exact) mass is 230 g/mol. The van der Waals surface area contributed by atoms with Crippen LogP contribution in [0.5, 0.6) is 0 Å². The molecule has 90 valence electrons. The van der Waals surface area contributed by atoms with E-state index < -0.39 is 5.97 Å². The molecule has 2 nitrogen and oxygen atoms in total. The Labute approximate surface area is 102 Å². The van der Waals surface area contributed by atoms with Gasteiger partial charge >= 0.3 is 5.97 Å². The maximum absolute atomic E-state index is 11.4. The summed E-state index contributed by atoms with van der Waals surface area (Å²) >= 11 is 0. The first-order valence-electron chi connectivity index (χ1n) is 6.02. The molecule has 0 bridgehead atoms. The van der Waals surface area contributed by atoms with Crippen LogP contribution in [0, 0.1) is 5.41 Å². The van der Waals surface area contributed by atoms with Crippen LogP contribution in [0.25, 0.3) is 5.57 Å². The number of fused-ring (bicyclic) bond motifs is 1. The van der Waals surface area contributed by atoms with Crippen molar-refractivity contribution in [2.45, 2.75) is 33.6 Å². The average molecular weight is 230 g/mol. The van der Waals surface area contributed by atoms with Crippen LogP contribution >= 0.6 is 0 Å². The van der Waals surface area contributed by atoms with E-state index in [2.05, 4.69) is 19.9 Å². The Bertz CT molecular complexity index is 495. The molecule has 0 heterocycles. The molecule has 0 unspecified atom stereocenters. The molecular formula is C15H18O2. The van der Waals surface area contributed by atoms with Gasteiger partial charge in [-0.3, -0.25) is 0 Å². The lowest BCUT2D eigenvalue weighted by Crippen LogP contribution is -2.14. The van der Waals surface area contributed by atoms with Crippen LogP contribution in [0.1, 0.15) is 38.3 Å². The fourth-order valence-electron chi connectivity index (χ4n) is 2.85. The molecule has 0 radical (unpaired) electrons. The zero-order valence-electron chi connectivity index (χ0n) is 10.6. The molecule has 0 aliphatic heterocycles. The maximum Gasteiger partial charge on any atom is 0.331 e. The Morgan fingerprint density at radius 2 is 2.00 bits per heavy atom. The van der Waals surface area contributed by atoms with Crippen molar-refractivity contribution in [2.24, 2.45) is 5.41 Å². The number of carboxylic acids is 1. The lowest BCUT2D eigenvalue weighted by atomic mass is 9.81. The summed E-state index contributed by atoms with van der Waals surface area (Å²) in [5, 5.41) is 9.33. The minimum Gasteiger partial charge on any atom is -0.478 e. The van der Waals surface area contributed by atoms with Gasteiger partial charge in [0.1, 0.15) is 0 Å². The first-order valence-corrected chi connectivity index (χ1v) is 6.02. The molecular weight excluding hydrogens is 212 g/mol. The molecule has 1 aromatic rings. The first-order chi connectivity index (χ1) is 7.97. The molecule has 0 amide bonds. The highest BCUT2D eigenvalue weighted by atomic mass is 16.4. The van der Waals surface area contributed by atoms with E-state index in [1.807, 2.05) is 25.1 Å². The third-order valence-corrected chi connectivity index (χ3v) is 3.51. The van der Waals surface area contributed by atoms with E-state index in [-0.39, 0.29) is 5.41 Å². The SMILES string of the molecule is CCC(C(=O)O)=C1c2ccccc2CC1(C)C. The molecule has 1 aliphatic rings. The summed E-state index contributed by atoms with van der Waals surface area (Å²) < 4.78 is 0. The Hall–Kier alpha value is -1.57. The summed E-state index contributed by atoms with van der Waals surface area (Å²) in [7, 11) is 0. The van der Waals surface area contributed by atoms with Crippen LogP contribution in [0.3, 0.4) is 0 Å². The predicted molar refractivity (Wildman–Crippen MR) is 68.8 cm³/mol. The van der Waals surface area contributed by atoms with Crippen molar-refractivity contribution in [3.63, 3.8) is 0 Å². The zero-order chi connectivity index (χ0) is 12.6. The number of hydrogen-bond acceptors (Lipinski definition) is 1. The van der Waals surface area contributed by atoms with Crippen molar-refractivity contribution >= 4 is 11.5 Å². The number of aliphatic carboxylic acids is 1. The minimum atomic E-state index is -0.785. The molecule has 1 aliphatic carbocycles. The van der Waals surface area contributed by atoms with Crippen LogP contribution in [-0.4, -0.2) is 11.1 Å². The van der Waals surface area contributed by atoms with Gasteiger partial charge in [-0.1, -0.05) is 45.0 Å². The van der Waals surface area contributed by atoms with E-state index in [1.54, 1.807) is 0 Å². The van der Waals surface area contributed by atoms with Gasteiger partial charge < -0.3 is 5.11 Å². The number of rotatable bonds is 2. The second-order valence-electron chi connectivity index (χ2n) is 5.23. The molecule has 1 aromatic carbocycles. The van der Waals surface area contributed by atoms with E-state index >= 15 is 0 Å². The van der Waals surface area contributed by atoms with Crippen molar-refractivity contribution in [3.8, 4) is 0 Å². The van der Waals surface area contributed by atoms with Crippen molar-refractivity contribution in [1.29, 1.82) is 0 Å². The van der Waals surface area contributed by atoms with Gasteiger partial charge in [0.25, 0.3) is 0 Å². The van der Waals surface area contributed by atoms with E-state index in [0.29, 0.717) is 12.0 Å². The Morgan fingerprint density at radius 3 is 2.59 bits per heavy atom. The van der Waals surface area contributed by atoms with Crippen LogP contribution in [-0.2, 0) is 11.2 Å². The molecule has 0 saturated heterocycles. The van der Waals surface area contributed by atoms with E-state index in [1.165, 1.54) is 5.56 Å². The Kier molecular flexibility index (Phi) is 2.82. The van der Waals surface area contributed by atoms with Crippen molar-refractivity contribution < 1.29 is 9.90 Å². The van der Waals surface area contributed by atoms with Gasteiger partial charge in [0, 0.05) is 5.57 Å². The van der Waals surface area contributed by atoms with E-state index in [9.17, 15) is 9.90 Å². The summed E-state index contributed by atoms with van der Waals surface area (Å²) in [6.45, 7) is 6.16. The molecule has 0 spiro atoms. The topological polar surface area (TPSA) is 37.3 Å². The molecule has 0 saturated carbocycles. The second-order valence-corrected chi connectivity index (χ2v) is 5.23. The molecule has 2 rings (SSSR count). The third kappa shape index (κ3) is 1.88. The van der Waals surface area contributed by atoms with Gasteiger partial charge in [0.05, 0.1) is 0 Å². The second kappa shape index (κ2) is 4.02. The maximum atomic E-state index is 11.4. The van der Waals surface area contributed by atoms with Crippen LogP contribution < -0.4 is 0 Å². The van der Waals surface area contributed by atoms with Crippen LogP contribution in [0.4, 0.5) is 0 Å². The van der Waals surface area contributed by atoms with Crippen LogP contribution in [0.2, 0.25) is 0 Å². The Balaban J connectivity index is 2.70. The highest BCUT2D eigenvalue weighted by Crippen LogP contribution is 2.48. The molecule has 17 heavy (non-hydrogen) atoms. The minimum absolute atomic E-state index is 0.0760. The van der Waals surface area contributed by atoms with Crippen molar-refractivity contribution in [3.05, 3.63) is 41.0 Å². The van der Waals surface area contributed by atoms with E-state index in [0.717, 1.165) is 17.6 Å². The molecule has 2 heteroatoms. The summed E-state index contributed by atoms with van der Waals surface area (Å²) in [4.78, 5) is 11.4. The van der Waals surface area contributed by atoms with Gasteiger partial charge in [-0.25, -0.2) is 4.79 Å². The van der Waals surface area contributed by atoms with Crippen LogP contribution in [0.15, 0.2) is 29.8 Å². The fourth-order valence-corrected chi connectivity index (χ4v) is 2.85. The smallest absolute Gasteiger partial charge is 0.331 e. The molecule has 0 atom stereocenters. The lowest BCUT2D eigenvalue weighted by molar-refractivity contribution is -0.132. The van der Waals surface area contributed by atoms with E-state index in [4.69, 9.17) is 0 Å². The number of hydrogen-bond donors (Lipinski definition) is 1. The summed E-state index contributed by atoms with van der Waals surface area (Å²) in [5.41, 5.74) is 3.88. The molecule has 0 fully saturated rings. The van der Waals surface area contributed by atoms with Gasteiger partial charge in [0.15, 0.2) is 0 Å². The third-order valence-electron chi connectivity index (χ3n) is 3.51. The van der Waals surface area contributed by atoms with Crippen molar-refractivity contribution in [1.82, 2.24) is 0 Å². The number of carboxylic acid groups (broad SMARTS) is 1. The number of carbonyl (C=O) groups is 1. The molecule has 0 aromatic heterocycles. The van der Waals surface area contributed by atoms with Gasteiger partial charge in [-0.05, 0) is 35.0 Å². The van der Waals surface area contributed by atoms with Gasteiger partial charge in [0.2, 0.25) is 0 Å². The number of benzene rings is 1. The summed E-state index contributed by atoms with van der Waals surface area (Å²) in [6.07, 6.45) is 1.50. The fraction of sp³-hybridized carbons (Fsp3) is 0.400. The molecule has 1 N–H and O–H groups in total. The Morgan fingerprint density at radius 1 is 1.35 bits per heavy atom. The van der Waals surface area contributed by atoms with Gasteiger partial charge in [-0.15, -0.1) is 0 Å². The highest BCUT2D eigenvalue weighted by molar-refractivity contribution is 5.99. The summed E-state index contributed by atoms with van der Waals surface area (Å²) in [5.74, 6) is -0.785. The number of allylic oxidation sites excluding steroid dienone is 1. The normalized spacial score (nSPS) is 19.9. The first kappa shape index (κ1) is 11.9. The highest BCUT2D eigenvalue weighted by Gasteiger charge is 2.36. The standard InChI is InChI=1S/C15H18O2/c1-4-11(14(16)17)13-12-8-6-5-7-10(12)9-15(13,2)3/h5-8H,4,9H2,1-3H3,(H,16,17). The zero-order valence-corrected chi connectivity index (χ0v) is 10.6. The lowest BCUT2D eigenvalue weighted by Gasteiger charge is -2.22. The predicted octanol–water partition coefficient (Wildman–Crippen LogP) is 3.52. The summed E-state index contributed by atoms with van der Waals surface area (Å²) in [6, 6.07) is 8.14. The largest absolute Gasteiger partial charge is 0.478 e. The van der Waals surface area contributed by atoms with Gasteiger partial charge in [-0.2, -0.15) is 0 Å². The average Bonchev–Trinajstić information content (AvgIpc) is 2.51. The van der Waals surface area contributed by atoms with Crippen molar-refractivity contribution in [2.75, 3.05) is 0 Å².